The maximum absolute atomic E-state index is 12.1. The smallest absolute Gasteiger partial charge is 0.246 e. The quantitative estimate of drug-likeness (QED) is 0.697. The zero-order valence-electron chi connectivity index (χ0n) is 13.6. The molecule has 0 bridgehead atoms. The van der Waals surface area contributed by atoms with Gasteiger partial charge in [0.25, 0.3) is 0 Å². The van der Waals surface area contributed by atoms with Crippen LogP contribution in [0.5, 0.6) is 0 Å². The number of hydrogen-bond donors (Lipinski definition) is 3. The maximum Gasteiger partial charge on any atom is 0.246 e. The second kappa shape index (κ2) is 8.17. The molecule has 0 aliphatic heterocycles. The Hall–Kier alpha value is -1.36. The largest absolute Gasteiger partial charge is 0.343 e. The Morgan fingerprint density at radius 2 is 2.00 bits per heavy atom. The van der Waals surface area contributed by atoms with Crippen molar-refractivity contribution in [2.45, 2.75) is 65.5 Å². The van der Waals surface area contributed by atoms with E-state index >= 15 is 0 Å². The van der Waals surface area contributed by atoms with Crippen LogP contribution in [0.25, 0.3) is 0 Å². The van der Waals surface area contributed by atoms with Crippen molar-refractivity contribution in [2.75, 3.05) is 0 Å². The molecule has 21 heavy (non-hydrogen) atoms. The van der Waals surface area contributed by atoms with E-state index in [2.05, 4.69) is 23.6 Å². The van der Waals surface area contributed by atoms with Crippen molar-refractivity contribution in [3.63, 3.8) is 0 Å². The SMILES string of the molecule is CC[C@H]1CC=C(NC(=O)[C@H](C)NC(=O)[C@@H](N)C(C)C)CC1. The number of carbonyl (C=O) groups excluding carboxylic acids is 2. The molecule has 0 aromatic heterocycles. The third kappa shape index (κ3) is 5.50. The van der Waals surface area contributed by atoms with Crippen LogP contribution in [0.15, 0.2) is 11.8 Å². The lowest BCUT2D eigenvalue weighted by Crippen LogP contribution is -2.51. The zero-order valence-corrected chi connectivity index (χ0v) is 13.6. The van der Waals surface area contributed by atoms with Crippen LogP contribution in [0.3, 0.4) is 0 Å². The van der Waals surface area contributed by atoms with Crippen molar-refractivity contribution in [1.82, 2.24) is 10.6 Å². The second-order valence-electron chi connectivity index (χ2n) is 6.27. The predicted molar refractivity (Wildman–Crippen MR) is 84.3 cm³/mol. The molecule has 3 atom stereocenters. The molecule has 0 saturated carbocycles. The van der Waals surface area contributed by atoms with Crippen molar-refractivity contribution in [2.24, 2.45) is 17.6 Å². The van der Waals surface area contributed by atoms with Crippen LogP contribution in [0.1, 0.15) is 53.4 Å². The number of nitrogens with one attached hydrogen (secondary N) is 2. The highest BCUT2D eigenvalue weighted by Gasteiger charge is 2.23. The van der Waals surface area contributed by atoms with Gasteiger partial charge in [0.05, 0.1) is 6.04 Å². The molecule has 5 heteroatoms. The van der Waals surface area contributed by atoms with Crippen molar-refractivity contribution in [3.8, 4) is 0 Å². The molecule has 0 aromatic rings. The van der Waals surface area contributed by atoms with Crippen LogP contribution < -0.4 is 16.4 Å². The average molecular weight is 295 g/mol. The van der Waals surface area contributed by atoms with E-state index < -0.39 is 12.1 Å². The molecular formula is C16H29N3O2. The fourth-order valence-corrected chi connectivity index (χ4v) is 2.32. The Bertz CT molecular complexity index is 404. The third-order valence-electron chi connectivity index (χ3n) is 4.15. The molecule has 1 aliphatic rings. The molecule has 0 aromatic carbocycles. The van der Waals surface area contributed by atoms with Gasteiger partial charge in [-0.25, -0.2) is 0 Å². The molecule has 5 nitrogen and oxygen atoms in total. The Labute approximate surface area is 127 Å². The summed E-state index contributed by atoms with van der Waals surface area (Å²) < 4.78 is 0. The summed E-state index contributed by atoms with van der Waals surface area (Å²) in [6, 6.07) is -1.16. The Morgan fingerprint density at radius 3 is 2.48 bits per heavy atom. The first-order valence-electron chi connectivity index (χ1n) is 7.91. The fourth-order valence-electron chi connectivity index (χ4n) is 2.32. The van der Waals surface area contributed by atoms with Gasteiger partial charge in [-0.05, 0) is 38.0 Å². The first kappa shape index (κ1) is 17.7. The minimum atomic E-state index is -0.584. The van der Waals surface area contributed by atoms with Gasteiger partial charge in [-0.2, -0.15) is 0 Å². The summed E-state index contributed by atoms with van der Waals surface area (Å²) in [5.74, 6) is 0.316. The normalized spacial score (nSPS) is 21.4. The Morgan fingerprint density at radius 1 is 1.33 bits per heavy atom. The van der Waals surface area contributed by atoms with Crippen molar-refractivity contribution < 1.29 is 9.59 Å². The lowest BCUT2D eigenvalue weighted by Gasteiger charge is -2.23. The highest BCUT2D eigenvalue weighted by Crippen LogP contribution is 2.24. The molecule has 2 amide bonds. The first-order valence-corrected chi connectivity index (χ1v) is 7.91. The van der Waals surface area contributed by atoms with Crippen molar-refractivity contribution in [1.29, 1.82) is 0 Å². The molecule has 0 fully saturated rings. The van der Waals surface area contributed by atoms with Gasteiger partial charge in [-0.3, -0.25) is 9.59 Å². The van der Waals surface area contributed by atoms with Crippen LogP contribution >= 0.6 is 0 Å². The van der Waals surface area contributed by atoms with Gasteiger partial charge in [0, 0.05) is 5.70 Å². The molecule has 0 unspecified atom stereocenters. The molecule has 1 aliphatic carbocycles. The van der Waals surface area contributed by atoms with Gasteiger partial charge >= 0.3 is 0 Å². The van der Waals surface area contributed by atoms with E-state index in [-0.39, 0.29) is 17.7 Å². The lowest BCUT2D eigenvalue weighted by molar-refractivity contribution is -0.129. The number of rotatable bonds is 6. The molecule has 0 saturated heterocycles. The monoisotopic (exact) mass is 295 g/mol. The van der Waals surface area contributed by atoms with E-state index in [1.165, 1.54) is 6.42 Å². The molecule has 1 rings (SSSR count). The number of amides is 2. The van der Waals surface area contributed by atoms with Crippen LogP contribution in [0.4, 0.5) is 0 Å². The van der Waals surface area contributed by atoms with Gasteiger partial charge in [0.2, 0.25) is 11.8 Å². The number of hydrogen-bond acceptors (Lipinski definition) is 3. The zero-order chi connectivity index (χ0) is 16.0. The summed E-state index contributed by atoms with van der Waals surface area (Å²) in [5, 5.41) is 5.57. The van der Waals surface area contributed by atoms with E-state index in [1.807, 2.05) is 13.8 Å². The third-order valence-corrected chi connectivity index (χ3v) is 4.15. The van der Waals surface area contributed by atoms with Crippen molar-refractivity contribution >= 4 is 11.8 Å². The summed E-state index contributed by atoms with van der Waals surface area (Å²) in [4.78, 5) is 23.9. The molecule has 0 spiro atoms. The number of nitrogens with two attached hydrogens (primary N) is 1. The predicted octanol–water partition coefficient (Wildman–Crippen LogP) is 1.68. The van der Waals surface area contributed by atoms with Gasteiger partial charge in [0.1, 0.15) is 6.04 Å². The average Bonchev–Trinajstić information content (AvgIpc) is 2.46. The number of allylic oxidation sites excluding steroid dienone is 2. The second-order valence-corrected chi connectivity index (χ2v) is 6.27. The van der Waals surface area contributed by atoms with Gasteiger partial charge in [0.15, 0.2) is 0 Å². The van der Waals surface area contributed by atoms with Crippen LogP contribution in [-0.2, 0) is 9.59 Å². The summed E-state index contributed by atoms with van der Waals surface area (Å²) in [5.41, 5.74) is 6.74. The minimum Gasteiger partial charge on any atom is -0.343 e. The van der Waals surface area contributed by atoms with E-state index in [9.17, 15) is 9.59 Å². The summed E-state index contributed by atoms with van der Waals surface area (Å²) in [6.07, 6.45) is 6.31. The standard InChI is InChI=1S/C16H29N3O2/c1-5-12-6-8-13(9-7-12)19-15(20)11(4)18-16(21)14(17)10(2)3/h8,10-12,14H,5-7,9,17H2,1-4H3,(H,18,21)(H,19,20)/t11-,12-,14-/m0/s1. The molecule has 0 radical (unpaired) electrons. The van der Waals surface area contributed by atoms with E-state index in [0.29, 0.717) is 0 Å². The van der Waals surface area contributed by atoms with Gasteiger partial charge < -0.3 is 16.4 Å². The first-order chi connectivity index (χ1) is 9.85. The summed E-state index contributed by atoms with van der Waals surface area (Å²) in [6.45, 7) is 7.63. The topological polar surface area (TPSA) is 84.2 Å². The van der Waals surface area contributed by atoms with Crippen LogP contribution in [-0.4, -0.2) is 23.9 Å². The summed E-state index contributed by atoms with van der Waals surface area (Å²) in [7, 11) is 0. The molecule has 120 valence electrons. The maximum atomic E-state index is 12.1. The highest BCUT2D eigenvalue weighted by molar-refractivity contribution is 5.90. The van der Waals surface area contributed by atoms with E-state index in [1.54, 1.807) is 6.92 Å². The molecular weight excluding hydrogens is 266 g/mol. The Kier molecular flexibility index (Phi) is 6.89. The highest BCUT2D eigenvalue weighted by atomic mass is 16.2. The Balaban J connectivity index is 2.45. The van der Waals surface area contributed by atoms with Gasteiger partial charge in [-0.15, -0.1) is 0 Å². The van der Waals surface area contributed by atoms with E-state index in [0.717, 1.165) is 30.9 Å². The van der Waals surface area contributed by atoms with Gasteiger partial charge in [-0.1, -0.05) is 33.3 Å². The van der Waals surface area contributed by atoms with Crippen molar-refractivity contribution in [3.05, 3.63) is 11.8 Å². The number of carbonyl (C=O) groups is 2. The minimum absolute atomic E-state index is 0.0484. The fraction of sp³-hybridized carbons (Fsp3) is 0.750. The van der Waals surface area contributed by atoms with Crippen LogP contribution in [0, 0.1) is 11.8 Å². The summed E-state index contributed by atoms with van der Waals surface area (Å²) >= 11 is 0. The van der Waals surface area contributed by atoms with Crippen LogP contribution in [0.2, 0.25) is 0 Å². The van der Waals surface area contributed by atoms with E-state index in [4.69, 9.17) is 5.73 Å². The lowest BCUT2D eigenvalue weighted by atomic mass is 9.90. The molecule has 4 N–H and O–H groups in total. The molecule has 0 heterocycles.